The molecule has 118 valence electrons. The number of H-pyrrole nitrogens is 1. The molecule has 0 spiro atoms. The van der Waals surface area contributed by atoms with Crippen LogP contribution in [0.4, 0.5) is 4.39 Å². The van der Waals surface area contributed by atoms with E-state index in [2.05, 4.69) is 10.3 Å². The van der Waals surface area contributed by atoms with E-state index >= 15 is 0 Å². The first-order valence-corrected chi connectivity index (χ1v) is 7.37. The van der Waals surface area contributed by atoms with Crippen LogP contribution >= 0.6 is 0 Å². The number of aryl methyl sites for hydroxylation is 1. The molecule has 0 saturated heterocycles. The Morgan fingerprint density at radius 3 is 2.70 bits per heavy atom. The molecule has 0 fully saturated rings. The molecule has 0 aliphatic heterocycles. The second-order valence-electron chi connectivity index (χ2n) is 5.19. The van der Waals surface area contributed by atoms with Crippen molar-refractivity contribution in [1.29, 1.82) is 0 Å². The van der Waals surface area contributed by atoms with Crippen molar-refractivity contribution in [2.45, 2.75) is 13.0 Å². The maximum Gasteiger partial charge on any atom is 0.326 e. The molecule has 3 rings (SSSR count). The first-order chi connectivity index (χ1) is 11.2. The number of benzene rings is 2. The molecular formula is C17H16FN3O2. The average Bonchev–Trinajstić information content (AvgIpc) is 2.87. The third kappa shape index (κ3) is 3.15. The minimum absolute atomic E-state index is 0.0248. The summed E-state index contributed by atoms with van der Waals surface area (Å²) in [6.45, 7) is 0.833. The van der Waals surface area contributed by atoms with Crippen LogP contribution in [0.1, 0.15) is 16.8 Å². The Morgan fingerprint density at radius 2 is 1.87 bits per heavy atom. The molecule has 3 aromatic rings. The van der Waals surface area contributed by atoms with Crippen LogP contribution in [-0.2, 0) is 6.54 Å². The summed E-state index contributed by atoms with van der Waals surface area (Å²) in [5, 5.41) is 2.67. The summed E-state index contributed by atoms with van der Waals surface area (Å²) >= 11 is 0. The summed E-state index contributed by atoms with van der Waals surface area (Å²) < 4.78 is 15.1. The molecule has 0 aliphatic carbocycles. The molecule has 0 bridgehead atoms. The van der Waals surface area contributed by atoms with Gasteiger partial charge in [-0.25, -0.2) is 9.18 Å². The molecular weight excluding hydrogens is 297 g/mol. The smallest absolute Gasteiger partial charge is 0.326 e. The topological polar surface area (TPSA) is 66.9 Å². The molecule has 0 aliphatic rings. The van der Waals surface area contributed by atoms with Crippen molar-refractivity contribution >= 4 is 16.9 Å². The molecule has 0 unspecified atom stereocenters. The fourth-order valence-electron chi connectivity index (χ4n) is 2.51. The largest absolute Gasteiger partial charge is 0.352 e. The zero-order chi connectivity index (χ0) is 16.2. The number of rotatable bonds is 5. The van der Waals surface area contributed by atoms with Gasteiger partial charge in [-0.2, -0.15) is 0 Å². The third-order valence-corrected chi connectivity index (χ3v) is 3.64. The molecule has 2 N–H and O–H groups in total. The Kier molecular flexibility index (Phi) is 4.23. The normalized spacial score (nSPS) is 10.8. The van der Waals surface area contributed by atoms with E-state index in [9.17, 15) is 14.0 Å². The Morgan fingerprint density at radius 1 is 1.13 bits per heavy atom. The van der Waals surface area contributed by atoms with Gasteiger partial charge in [0, 0.05) is 13.1 Å². The van der Waals surface area contributed by atoms with E-state index in [1.165, 1.54) is 18.2 Å². The van der Waals surface area contributed by atoms with Crippen LogP contribution in [0.25, 0.3) is 11.0 Å². The van der Waals surface area contributed by atoms with E-state index < -0.39 is 11.7 Å². The number of carbonyl (C=O) groups is 1. The summed E-state index contributed by atoms with van der Waals surface area (Å²) in [7, 11) is 0. The number of halogens is 1. The van der Waals surface area contributed by atoms with Crippen molar-refractivity contribution in [3.05, 3.63) is 70.4 Å². The van der Waals surface area contributed by atoms with E-state index in [4.69, 9.17) is 0 Å². The molecule has 0 radical (unpaired) electrons. The van der Waals surface area contributed by atoms with E-state index in [0.717, 1.165) is 11.0 Å². The lowest BCUT2D eigenvalue weighted by Gasteiger charge is -2.07. The van der Waals surface area contributed by atoms with Crippen LogP contribution in [-0.4, -0.2) is 22.0 Å². The summed E-state index contributed by atoms with van der Waals surface area (Å²) in [5.74, 6) is -0.993. The molecule has 1 amide bonds. The maximum atomic E-state index is 13.5. The number of aromatic nitrogens is 2. The number of nitrogens with zero attached hydrogens (tertiary/aromatic N) is 1. The maximum absolute atomic E-state index is 13.5. The summed E-state index contributed by atoms with van der Waals surface area (Å²) in [4.78, 5) is 26.6. The van der Waals surface area contributed by atoms with Crippen LogP contribution in [0, 0.1) is 5.82 Å². The van der Waals surface area contributed by atoms with Gasteiger partial charge in [0.1, 0.15) is 5.82 Å². The van der Waals surface area contributed by atoms with Crippen molar-refractivity contribution in [3.8, 4) is 0 Å². The highest BCUT2D eigenvalue weighted by Gasteiger charge is 2.10. The van der Waals surface area contributed by atoms with Gasteiger partial charge in [0.25, 0.3) is 5.91 Å². The minimum atomic E-state index is -0.544. The zero-order valence-corrected chi connectivity index (χ0v) is 12.4. The fraction of sp³-hybridized carbons (Fsp3) is 0.176. The van der Waals surface area contributed by atoms with Gasteiger partial charge in [0.05, 0.1) is 16.6 Å². The van der Waals surface area contributed by atoms with Gasteiger partial charge in [-0.05, 0) is 30.7 Å². The number of imidazole rings is 1. The van der Waals surface area contributed by atoms with Gasteiger partial charge in [-0.3, -0.25) is 9.36 Å². The minimum Gasteiger partial charge on any atom is -0.352 e. The van der Waals surface area contributed by atoms with E-state index in [1.807, 2.05) is 24.3 Å². The average molecular weight is 313 g/mol. The van der Waals surface area contributed by atoms with Gasteiger partial charge >= 0.3 is 5.69 Å². The number of amides is 1. The monoisotopic (exact) mass is 313 g/mol. The molecule has 6 heteroatoms. The third-order valence-electron chi connectivity index (χ3n) is 3.64. The predicted octanol–water partition coefficient (Wildman–Crippen LogP) is 2.29. The Balaban J connectivity index is 1.59. The summed E-state index contributed by atoms with van der Waals surface area (Å²) in [5.41, 5.74) is 1.47. The summed E-state index contributed by atoms with van der Waals surface area (Å²) in [6.07, 6.45) is 0.571. The second kappa shape index (κ2) is 6.48. The molecule has 23 heavy (non-hydrogen) atoms. The highest BCUT2D eigenvalue weighted by atomic mass is 19.1. The van der Waals surface area contributed by atoms with Gasteiger partial charge in [0.2, 0.25) is 0 Å². The highest BCUT2D eigenvalue weighted by molar-refractivity contribution is 5.94. The number of hydrogen-bond acceptors (Lipinski definition) is 2. The van der Waals surface area contributed by atoms with Crippen molar-refractivity contribution in [3.63, 3.8) is 0 Å². The van der Waals surface area contributed by atoms with Crippen LogP contribution in [0.15, 0.2) is 53.3 Å². The SMILES string of the molecule is O=C(NCCCn1c(=O)[nH]c2ccccc21)c1ccccc1F. The van der Waals surface area contributed by atoms with E-state index in [-0.39, 0.29) is 11.3 Å². The first kappa shape index (κ1) is 15.0. The molecule has 0 saturated carbocycles. The molecule has 1 heterocycles. The van der Waals surface area contributed by atoms with E-state index in [0.29, 0.717) is 19.5 Å². The Hall–Kier alpha value is -2.89. The van der Waals surface area contributed by atoms with Gasteiger partial charge in [-0.15, -0.1) is 0 Å². The van der Waals surface area contributed by atoms with E-state index in [1.54, 1.807) is 10.6 Å². The lowest BCUT2D eigenvalue weighted by atomic mass is 10.2. The van der Waals surface area contributed by atoms with Gasteiger partial charge in [0.15, 0.2) is 0 Å². The molecule has 1 aromatic heterocycles. The molecule has 2 aromatic carbocycles. The van der Waals surface area contributed by atoms with Gasteiger partial charge < -0.3 is 10.3 Å². The molecule has 5 nitrogen and oxygen atoms in total. The summed E-state index contributed by atoms with van der Waals surface area (Å²) in [6, 6.07) is 13.3. The number of nitrogens with one attached hydrogen (secondary N) is 2. The van der Waals surface area contributed by atoms with Crippen molar-refractivity contribution in [2.75, 3.05) is 6.54 Å². The van der Waals surface area contributed by atoms with Crippen molar-refractivity contribution in [1.82, 2.24) is 14.9 Å². The number of fused-ring (bicyclic) bond motifs is 1. The Labute approximate surface area is 131 Å². The number of aromatic amines is 1. The Bertz CT molecular complexity index is 898. The van der Waals surface area contributed by atoms with Crippen LogP contribution in [0.2, 0.25) is 0 Å². The highest BCUT2D eigenvalue weighted by Crippen LogP contribution is 2.09. The van der Waals surface area contributed by atoms with Crippen LogP contribution < -0.4 is 11.0 Å². The standard InChI is InChI=1S/C17H16FN3O2/c18-13-7-2-1-6-12(13)16(22)19-10-5-11-21-15-9-4-3-8-14(15)20-17(21)23/h1-4,6-9H,5,10-11H2,(H,19,22)(H,20,23). The number of para-hydroxylation sites is 2. The number of carbonyl (C=O) groups excluding carboxylic acids is 1. The van der Waals surface area contributed by atoms with Crippen molar-refractivity contribution in [2.24, 2.45) is 0 Å². The first-order valence-electron chi connectivity index (χ1n) is 7.37. The van der Waals surface area contributed by atoms with Crippen LogP contribution in [0.3, 0.4) is 0 Å². The quantitative estimate of drug-likeness (QED) is 0.710. The fourth-order valence-corrected chi connectivity index (χ4v) is 2.51. The van der Waals surface area contributed by atoms with Crippen molar-refractivity contribution < 1.29 is 9.18 Å². The number of hydrogen-bond donors (Lipinski definition) is 2. The van der Waals surface area contributed by atoms with Gasteiger partial charge in [-0.1, -0.05) is 24.3 Å². The zero-order valence-electron chi connectivity index (χ0n) is 12.4. The predicted molar refractivity (Wildman–Crippen MR) is 85.9 cm³/mol. The second-order valence-corrected chi connectivity index (χ2v) is 5.19. The lowest BCUT2D eigenvalue weighted by Crippen LogP contribution is -2.27. The lowest BCUT2D eigenvalue weighted by molar-refractivity contribution is 0.0948. The van der Waals surface area contributed by atoms with Crippen LogP contribution in [0.5, 0.6) is 0 Å². The molecule has 0 atom stereocenters.